The van der Waals surface area contributed by atoms with Crippen LogP contribution >= 0.6 is 0 Å². The Morgan fingerprint density at radius 3 is 1.29 bits per heavy atom. The van der Waals surface area contributed by atoms with Crippen molar-refractivity contribution in [2.24, 2.45) is 23.7 Å². The molecular formula is C76H99N5O2Zn. The minimum absolute atomic E-state index is 0. The molecule has 2 aromatic carbocycles. The van der Waals surface area contributed by atoms with Gasteiger partial charge in [0.25, 0.3) is 0 Å². The summed E-state index contributed by atoms with van der Waals surface area (Å²) in [5, 5.41) is 0. The van der Waals surface area contributed by atoms with Gasteiger partial charge in [-0.1, -0.05) is 236 Å². The number of carbonyl (C=O) groups is 1. The molecule has 5 aliphatic rings. The van der Waals surface area contributed by atoms with Gasteiger partial charge in [-0.25, -0.2) is 14.8 Å². The Bertz CT molecular complexity index is 3090. The summed E-state index contributed by atoms with van der Waals surface area (Å²) in [6, 6.07) is 25.5. The molecule has 6 heterocycles. The van der Waals surface area contributed by atoms with Crippen molar-refractivity contribution >= 4 is 58.0 Å². The minimum Gasteiger partial charge on any atom is -0.657 e. The standard InChI is InChI=1S/C76H99N5O2.Zn/c1-4-7-10-13-16-19-22-25-28-31-62-67-44-46-69(77-67)63(32-29-26-23-20-17-14-11-8-5-2)71-48-50-73(79-71)75(74-51-49-72(80-74)64(70-47-45-68(62)78-70)33-30-27-24-21-18-15-12-9-6-3)57-36-34-56(35-37-57)55-83-76(82)58-40-42-61(43-41-58)81-53-65-59-38-39-60(52-59)66(65)54-81;/h34-51,59-60,65-66H,4-33,52-55H2,1-3H3;/q-2;+2/t59-,60+,65?,66?;. The van der Waals surface area contributed by atoms with Crippen molar-refractivity contribution in [3.63, 3.8) is 0 Å². The number of hydrogen-bond acceptors (Lipinski definition) is 5. The van der Waals surface area contributed by atoms with Crippen molar-refractivity contribution in [3.8, 4) is 11.1 Å². The minimum atomic E-state index is -0.301. The number of allylic oxidation sites excluding steroid dienone is 2. The maximum absolute atomic E-state index is 13.5. The monoisotopic (exact) mass is 1180 g/mol. The normalized spacial score (nSPS) is 17.4. The van der Waals surface area contributed by atoms with Crippen LogP contribution in [-0.4, -0.2) is 29.0 Å². The molecule has 0 N–H and O–H groups in total. The zero-order chi connectivity index (χ0) is 57.0. The summed E-state index contributed by atoms with van der Waals surface area (Å²) >= 11 is 0. The zero-order valence-electron chi connectivity index (χ0n) is 52.0. The van der Waals surface area contributed by atoms with Crippen molar-refractivity contribution < 1.29 is 29.0 Å². The second-order valence-electron chi connectivity index (χ2n) is 25.4. The van der Waals surface area contributed by atoms with Crippen LogP contribution in [0.1, 0.15) is 256 Å². The summed E-state index contributed by atoms with van der Waals surface area (Å²) in [5.74, 6) is 2.72. The van der Waals surface area contributed by atoms with Crippen LogP contribution in [0.2, 0.25) is 0 Å². The fourth-order valence-corrected chi connectivity index (χ4v) is 14.3. The van der Waals surface area contributed by atoms with Gasteiger partial charge in [0.15, 0.2) is 0 Å². The van der Waals surface area contributed by atoms with E-state index < -0.39 is 0 Å². The van der Waals surface area contributed by atoms with Gasteiger partial charge in [0.2, 0.25) is 0 Å². The molecule has 2 fully saturated rings. The van der Waals surface area contributed by atoms with Crippen LogP contribution in [0.4, 0.5) is 5.69 Å². The van der Waals surface area contributed by atoms with Crippen LogP contribution in [-0.2, 0) is 50.1 Å². The molecule has 4 atom stereocenters. The van der Waals surface area contributed by atoms with Crippen LogP contribution in [0.15, 0.2) is 84.9 Å². The maximum atomic E-state index is 13.5. The first-order chi connectivity index (χ1) is 41.0. The number of ether oxygens (including phenoxy) is 1. The van der Waals surface area contributed by atoms with Gasteiger partial charge in [-0.2, -0.15) is 0 Å². The number of hydrogen-bond donors (Lipinski definition) is 0. The fourth-order valence-electron chi connectivity index (χ4n) is 14.3. The topological polar surface area (TPSA) is 83.5 Å². The summed E-state index contributed by atoms with van der Waals surface area (Å²) in [4.78, 5) is 38.3. The molecule has 1 saturated heterocycles. The molecule has 8 heteroatoms. The van der Waals surface area contributed by atoms with Gasteiger partial charge in [0.1, 0.15) is 6.61 Å². The van der Waals surface area contributed by atoms with Gasteiger partial charge in [-0.15, -0.1) is 22.1 Å². The number of unbranched alkanes of at least 4 members (excludes halogenated alkanes) is 24. The van der Waals surface area contributed by atoms with Crippen molar-refractivity contribution in [2.75, 3.05) is 18.0 Å². The molecule has 10 bridgehead atoms. The third-order valence-electron chi connectivity index (χ3n) is 19.3. The Hall–Kier alpha value is -5.33. The van der Waals surface area contributed by atoms with Gasteiger partial charge < -0.3 is 19.6 Å². The number of fused-ring (bicyclic) bond motifs is 13. The van der Waals surface area contributed by atoms with E-state index in [9.17, 15) is 4.79 Å². The number of aromatic nitrogens is 4. The van der Waals surface area contributed by atoms with E-state index in [1.807, 2.05) is 12.1 Å². The molecule has 2 unspecified atom stereocenters. The van der Waals surface area contributed by atoms with Gasteiger partial charge in [-0.3, -0.25) is 0 Å². The fraction of sp³-hybridized carbons (Fsp3) is 0.539. The SMILES string of the molecule is CCCCCCCCCCCc1c2nc(c(CCCCCCCCCCC)c3ccc([n-]3)c(-c3ccc(COC(=O)c4ccc(N5CC6C(C5)[C@H]5C=C[C@@H]6C5)cc4)cc3)c3nc(c(CCCCCCCCCCC)c4ccc1[n-]4)C=C3)C=C2.[Zn+2]. The van der Waals surface area contributed by atoms with E-state index in [-0.39, 0.29) is 32.1 Å². The van der Waals surface area contributed by atoms with E-state index in [0.29, 0.717) is 5.56 Å². The van der Waals surface area contributed by atoms with Crippen LogP contribution in [0, 0.1) is 23.7 Å². The second kappa shape index (κ2) is 33.0. The van der Waals surface area contributed by atoms with Crippen molar-refractivity contribution in [3.05, 3.63) is 136 Å². The number of esters is 1. The molecule has 442 valence electrons. The Morgan fingerprint density at radius 2 is 0.845 bits per heavy atom. The average Bonchev–Trinajstić information content (AvgIpc) is 2.82. The zero-order valence-corrected chi connectivity index (χ0v) is 55.0. The van der Waals surface area contributed by atoms with Crippen LogP contribution < -0.4 is 14.9 Å². The predicted molar refractivity (Wildman–Crippen MR) is 351 cm³/mol. The molecule has 3 aromatic heterocycles. The molecule has 5 aromatic rings. The van der Waals surface area contributed by atoms with Crippen molar-refractivity contribution in [1.82, 2.24) is 19.9 Å². The predicted octanol–water partition coefficient (Wildman–Crippen LogP) is 20.4. The van der Waals surface area contributed by atoms with E-state index in [2.05, 4.69) is 123 Å². The van der Waals surface area contributed by atoms with E-state index in [4.69, 9.17) is 24.7 Å². The quantitative estimate of drug-likeness (QED) is 0.0169. The van der Waals surface area contributed by atoms with E-state index in [1.165, 1.54) is 183 Å². The molecule has 0 amide bonds. The smallest absolute Gasteiger partial charge is 0.657 e. The first-order valence-electron chi connectivity index (χ1n) is 33.8. The third-order valence-corrected chi connectivity index (χ3v) is 19.3. The molecule has 0 radical (unpaired) electrons. The Kier molecular flexibility index (Phi) is 24.8. The van der Waals surface area contributed by atoms with Gasteiger partial charge in [0, 0.05) is 18.8 Å². The van der Waals surface area contributed by atoms with Gasteiger partial charge in [0.05, 0.1) is 28.3 Å². The second-order valence-corrected chi connectivity index (χ2v) is 25.4. The molecule has 7 nitrogen and oxygen atoms in total. The van der Waals surface area contributed by atoms with E-state index in [1.54, 1.807) is 0 Å². The summed E-state index contributed by atoms with van der Waals surface area (Å²) in [6.45, 7) is 9.30. The van der Waals surface area contributed by atoms with E-state index >= 15 is 0 Å². The Morgan fingerprint density at radius 1 is 0.464 bits per heavy atom. The van der Waals surface area contributed by atoms with Gasteiger partial charge in [-0.05, 0) is 151 Å². The molecule has 10 rings (SSSR count). The number of aryl methyl sites for hydroxylation is 3. The van der Waals surface area contributed by atoms with Crippen molar-refractivity contribution in [2.45, 2.75) is 226 Å². The average molecular weight is 1180 g/mol. The third kappa shape index (κ3) is 16.8. The van der Waals surface area contributed by atoms with E-state index in [0.717, 1.165) is 137 Å². The molecule has 3 aliphatic heterocycles. The number of carbonyl (C=O) groups excluding carboxylic acids is 1. The van der Waals surface area contributed by atoms with Gasteiger partial charge >= 0.3 is 25.4 Å². The molecule has 0 spiro atoms. The molecule has 1 saturated carbocycles. The first kappa shape index (κ1) is 63.2. The summed E-state index contributed by atoms with van der Waals surface area (Å²) in [7, 11) is 0. The van der Waals surface area contributed by atoms with Crippen molar-refractivity contribution in [1.29, 1.82) is 0 Å². The number of nitrogens with zero attached hydrogens (tertiary/aromatic N) is 5. The largest absolute Gasteiger partial charge is 2.00 e. The molecule has 84 heavy (non-hydrogen) atoms. The Balaban J connectivity index is 0.00000846. The number of rotatable bonds is 35. The maximum Gasteiger partial charge on any atom is 2.00 e. The van der Waals surface area contributed by atoms with Crippen LogP contribution in [0.3, 0.4) is 0 Å². The summed E-state index contributed by atoms with van der Waals surface area (Å²) in [5.41, 5.74) is 16.4. The molecular weight excluding hydrogens is 1080 g/mol. The Labute approximate surface area is 518 Å². The van der Waals surface area contributed by atoms with Crippen LogP contribution in [0.5, 0.6) is 0 Å². The number of benzene rings is 2. The van der Waals surface area contributed by atoms with Crippen LogP contribution in [0.25, 0.3) is 57.5 Å². The summed E-state index contributed by atoms with van der Waals surface area (Å²) < 4.78 is 5.98. The number of anilines is 1. The first-order valence-corrected chi connectivity index (χ1v) is 33.8. The summed E-state index contributed by atoms with van der Waals surface area (Å²) in [6.07, 6.45) is 52.9. The molecule has 2 aliphatic carbocycles.